The van der Waals surface area contributed by atoms with E-state index in [1.165, 1.54) is 6.92 Å². The minimum Gasteiger partial charge on any atom is -0.462 e. The smallest absolute Gasteiger partial charge is 0.338 e. The maximum absolute atomic E-state index is 11.8. The van der Waals surface area contributed by atoms with E-state index in [9.17, 15) is 9.59 Å². The highest BCUT2D eigenvalue weighted by Gasteiger charge is 2.22. The van der Waals surface area contributed by atoms with Crippen LogP contribution in [-0.2, 0) is 19.1 Å². The van der Waals surface area contributed by atoms with Gasteiger partial charge in [-0.25, -0.2) is 4.79 Å². The van der Waals surface area contributed by atoms with Crippen LogP contribution in [0.3, 0.4) is 0 Å². The van der Waals surface area contributed by atoms with Crippen LogP contribution in [0.5, 0.6) is 0 Å². The Balaban J connectivity index is 2.30. The molecule has 4 heteroatoms. The maximum Gasteiger partial charge on any atom is 0.338 e. The van der Waals surface area contributed by atoms with Gasteiger partial charge in [-0.05, 0) is 11.6 Å². The number of ether oxygens (including phenoxy) is 2. The lowest BCUT2D eigenvalue weighted by Gasteiger charge is -2.10. The summed E-state index contributed by atoms with van der Waals surface area (Å²) in [6.07, 6.45) is 1.73. The van der Waals surface area contributed by atoms with E-state index < -0.39 is 6.10 Å². The molecule has 2 rings (SSSR count). The second-order valence-corrected chi connectivity index (χ2v) is 4.02. The average Bonchev–Trinajstić information content (AvgIpc) is 2.52. The summed E-state index contributed by atoms with van der Waals surface area (Å²) in [5.74, 6) is -0.742. The van der Waals surface area contributed by atoms with Gasteiger partial charge in [-0.2, -0.15) is 0 Å². The summed E-state index contributed by atoms with van der Waals surface area (Å²) >= 11 is 0. The summed E-state index contributed by atoms with van der Waals surface area (Å²) in [5.41, 5.74) is 1.21. The van der Waals surface area contributed by atoms with Gasteiger partial charge in [0.25, 0.3) is 0 Å². The average molecular weight is 246 g/mol. The Bertz CT molecular complexity index is 476. The van der Waals surface area contributed by atoms with Crippen molar-refractivity contribution in [3.05, 3.63) is 42.0 Å². The Morgan fingerprint density at radius 3 is 2.72 bits per heavy atom. The van der Waals surface area contributed by atoms with Crippen LogP contribution in [0.15, 0.2) is 36.4 Å². The second kappa shape index (κ2) is 5.49. The van der Waals surface area contributed by atoms with E-state index in [0.29, 0.717) is 12.0 Å². The number of hydrogen-bond acceptors (Lipinski definition) is 4. The molecule has 1 unspecified atom stereocenters. The third-order valence-corrected chi connectivity index (χ3v) is 2.61. The maximum atomic E-state index is 11.8. The van der Waals surface area contributed by atoms with Gasteiger partial charge in [-0.15, -0.1) is 0 Å². The highest BCUT2D eigenvalue weighted by Crippen LogP contribution is 2.21. The fraction of sp³-hybridized carbons (Fsp3) is 0.286. The monoisotopic (exact) mass is 246 g/mol. The lowest BCUT2D eigenvalue weighted by molar-refractivity contribution is -0.144. The summed E-state index contributed by atoms with van der Waals surface area (Å²) < 4.78 is 10.2. The van der Waals surface area contributed by atoms with Crippen molar-refractivity contribution in [3.8, 4) is 0 Å². The van der Waals surface area contributed by atoms with Crippen LogP contribution in [0, 0.1) is 0 Å². The minimum absolute atomic E-state index is 0.254. The van der Waals surface area contributed by atoms with Crippen LogP contribution >= 0.6 is 0 Å². The molecule has 0 radical (unpaired) electrons. The van der Waals surface area contributed by atoms with Crippen molar-refractivity contribution in [2.24, 2.45) is 0 Å². The molecule has 0 bridgehead atoms. The molecule has 0 spiro atoms. The van der Waals surface area contributed by atoms with Crippen LogP contribution in [0.1, 0.15) is 18.9 Å². The third-order valence-electron chi connectivity index (χ3n) is 2.61. The van der Waals surface area contributed by atoms with E-state index in [4.69, 9.17) is 9.47 Å². The molecule has 0 amide bonds. The minimum atomic E-state index is -0.413. The largest absolute Gasteiger partial charge is 0.462 e. The zero-order valence-electron chi connectivity index (χ0n) is 10.1. The highest BCUT2D eigenvalue weighted by molar-refractivity contribution is 6.16. The van der Waals surface area contributed by atoms with Crippen LogP contribution in [-0.4, -0.2) is 24.6 Å². The summed E-state index contributed by atoms with van der Waals surface area (Å²) in [6, 6.07) is 9.20. The Labute approximate surface area is 105 Å². The second-order valence-electron chi connectivity index (χ2n) is 4.02. The molecule has 1 atom stereocenters. The normalized spacial score (nSPS) is 19.5. The number of carbonyl (C=O) groups is 2. The molecule has 0 aromatic heterocycles. The van der Waals surface area contributed by atoms with E-state index in [-0.39, 0.29) is 18.5 Å². The van der Waals surface area contributed by atoms with Crippen LogP contribution < -0.4 is 0 Å². The summed E-state index contributed by atoms with van der Waals surface area (Å²) in [7, 11) is 0. The molecular weight excluding hydrogens is 232 g/mol. The van der Waals surface area contributed by atoms with Crippen molar-refractivity contribution in [1.29, 1.82) is 0 Å². The molecule has 1 aliphatic heterocycles. The van der Waals surface area contributed by atoms with Crippen molar-refractivity contribution >= 4 is 17.5 Å². The number of esters is 2. The van der Waals surface area contributed by atoms with Crippen LogP contribution in [0.25, 0.3) is 5.57 Å². The SMILES string of the molecule is CC(=O)OC1C=C(c2ccccc2)C(=O)OCC1. The number of rotatable bonds is 2. The molecule has 4 nitrogen and oxygen atoms in total. The molecule has 1 aliphatic rings. The fourth-order valence-electron chi connectivity index (χ4n) is 1.82. The lowest BCUT2D eigenvalue weighted by atomic mass is 10.0. The molecule has 0 aliphatic carbocycles. The van der Waals surface area contributed by atoms with Gasteiger partial charge in [-0.1, -0.05) is 30.3 Å². The molecule has 1 heterocycles. The highest BCUT2D eigenvalue weighted by atomic mass is 16.6. The van der Waals surface area contributed by atoms with Gasteiger partial charge in [0.05, 0.1) is 12.2 Å². The summed E-state index contributed by atoms with van der Waals surface area (Å²) in [4.78, 5) is 22.8. The molecule has 0 saturated heterocycles. The predicted octanol–water partition coefficient (Wildman–Crippen LogP) is 1.95. The molecule has 18 heavy (non-hydrogen) atoms. The number of cyclic esters (lactones) is 1. The standard InChI is InChI=1S/C14H14O4/c1-10(15)18-12-7-8-17-14(16)13(9-12)11-5-3-2-4-6-11/h2-6,9,12H,7-8H2,1H3. The van der Waals surface area contributed by atoms with Gasteiger partial charge < -0.3 is 9.47 Å². The zero-order valence-corrected chi connectivity index (χ0v) is 10.1. The molecular formula is C14H14O4. The van der Waals surface area contributed by atoms with Crippen molar-refractivity contribution < 1.29 is 19.1 Å². The molecule has 0 fully saturated rings. The molecule has 0 N–H and O–H groups in total. The topological polar surface area (TPSA) is 52.6 Å². The first-order chi connectivity index (χ1) is 8.66. The van der Waals surface area contributed by atoms with Gasteiger partial charge in [-0.3, -0.25) is 4.79 Å². The molecule has 0 saturated carbocycles. The quantitative estimate of drug-likeness (QED) is 0.748. The van der Waals surface area contributed by atoms with E-state index >= 15 is 0 Å². The van der Waals surface area contributed by atoms with E-state index in [1.54, 1.807) is 6.08 Å². The summed E-state index contributed by atoms with van der Waals surface area (Å²) in [6.45, 7) is 1.60. The Morgan fingerprint density at radius 1 is 1.33 bits per heavy atom. The van der Waals surface area contributed by atoms with Gasteiger partial charge in [0.1, 0.15) is 6.10 Å². The number of hydrogen-bond donors (Lipinski definition) is 0. The van der Waals surface area contributed by atoms with E-state index in [2.05, 4.69) is 0 Å². The van der Waals surface area contributed by atoms with Gasteiger partial charge in [0.15, 0.2) is 0 Å². The molecule has 94 valence electrons. The fourth-order valence-corrected chi connectivity index (χ4v) is 1.82. The zero-order chi connectivity index (χ0) is 13.0. The first-order valence-electron chi connectivity index (χ1n) is 5.78. The molecule has 1 aromatic rings. The predicted molar refractivity (Wildman–Crippen MR) is 65.5 cm³/mol. The van der Waals surface area contributed by atoms with Crippen molar-refractivity contribution in [2.75, 3.05) is 6.61 Å². The van der Waals surface area contributed by atoms with Crippen molar-refractivity contribution in [3.63, 3.8) is 0 Å². The lowest BCUT2D eigenvalue weighted by Crippen LogP contribution is -2.14. The third kappa shape index (κ3) is 2.97. The Hall–Kier alpha value is -2.10. The van der Waals surface area contributed by atoms with E-state index in [1.807, 2.05) is 30.3 Å². The Kier molecular flexibility index (Phi) is 3.77. The van der Waals surface area contributed by atoms with Crippen molar-refractivity contribution in [1.82, 2.24) is 0 Å². The number of carbonyl (C=O) groups excluding carboxylic acids is 2. The Morgan fingerprint density at radius 2 is 2.06 bits per heavy atom. The van der Waals surface area contributed by atoms with E-state index in [0.717, 1.165) is 5.56 Å². The van der Waals surface area contributed by atoms with Crippen LogP contribution in [0.4, 0.5) is 0 Å². The molecule has 1 aromatic carbocycles. The van der Waals surface area contributed by atoms with Gasteiger partial charge in [0.2, 0.25) is 0 Å². The van der Waals surface area contributed by atoms with Crippen LogP contribution in [0.2, 0.25) is 0 Å². The van der Waals surface area contributed by atoms with Crippen molar-refractivity contribution in [2.45, 2.75) is 19.4 Å². The number of benzene rings is 1. The first kappa shape index (κ1) is 12.4. The van der Waals surface area contributed by atoms with Gasteiger partial charge >= 0.3 is 11.9 Å². The summed E-state index contributed by atoms with van der Waals surface area (Å²) in [5, 5.41) is 0. The first-order valence-corrected chi connectivity index (χ1v) is 5.78. The van der Waals surface area contributed by atoms with Gasteiger partial charge in [0, 0.05) is 13.3 Å².